The fraction of sp³-hybridized carbons (Fsp3) is 0.188. The van der Waals surface area contributed by atoms with Crippen LogP contribution in [0.4, 0.5) is 5.69 Å². The number of Topliss-reactive ketones (excluding diaryl/α,β-unsaturated/α-hetero) is 1. The minimum atomic E-state index is -0.371. The van der Waals surface area contributed by atoms with E-state index in [1.54, 1.807) is 25.1 Å². The summed E-state index contributed by atoms with van der Waals surface area (Å²) in [4.78, 5) is 28.2. The van der Waals surface area contributed by atoms with Crippen LogP contribution in [0, 0.1) is 6.92 Å². The zero-order valence-corrected chi connectivity index (χ0v) is 12.1. The predicted molar refractivity (Wildman–Crippen MR) is 79.9 cm³/mol. The monoisotopic (exact) mass is 284 g/mol. The molecule has 0 aliphatic rings. The van der Waals surface area contributed by atoms with Gasteiger partial charge in [0.1, 0.15) is 5.69 Å². The number of pyridine rings is 1. The first-order valence-electron chi connectivity index (χ1n) is 6.46. The van der Waals surface area contributed by atoms with E-state index in [-0.39, 0.29) is 22.9 Å². The van der Waals surface area contributed by atoms with Crippen molar-refractivity contribution in [3.05, 3.63) is 53.2 Å². The topological polar surface area (TPSA) is 68.3 Å². The Labute approximate surface area is 123 Å². The van der Waals surface area contributed by atoms with Gasteiger partial charge in [0.05, 0.1) is 12.7 Å². The summed E-state index contributed by atoms with van der Waals surface area (Å²) in [6, 6.07) is 10.7. The molecule has 0 saturated carbocycles. The molecule has 1 aromatic carbocycles. The van der Waals surface area contributed by atoms with E-state index in [0.717, 1.165) is 0 Å². The minimum Gasteiger partial charge on any atom is -0.481 e. The van der Waals surface area contributed by atoms with Gasteiger partial charge in [0.25, 0.3) is 5.91 Å². The van der Waals surface area contributed by atoms with Gasteiger partial charge in [-0.1, -0.05) is 18.2 Å². The zero-order valence-electron chi connectivity index (χ0n) is 12.1. The standard InChI is InChI=1S/C16H16N2O3/c1-10-9-13(14(11(2)19)18-16(10)21-3)15(20)17-12-7-5-4-6-8-12/h4-9H,1-3H3,(H,17,20). The number of aromatic nitrogens is 1. The minimum absolute atomic E-state index is 0.103. The number of para-hydroxylation sites is 1. The first-order valence-corrected chi connectivity index (χ1v) is 6.46. The van der Waals surface area contributed by atoms with Crippen molar-refractivity contribution in [1.29, 1.82) is 0 Å². The molecule has 2 aromatic rings. The molecule has 108 valence electrons. The molecule has 0 radical (unpaired) electrons. The van der Waals surface area contributed by atoms with E-state index in [9.17, 15) is 9.59 Å². The third kappa shape index (κ3) is 3.25. The first-order chi connectivity index (χ1) is 10.0. The average Bonchev–Trinajstić information content (AvgIpc) is 2.47. The number of ketones is 1. The van der Waals surface area contributed by atoms with Crippen molar-refractivity contribution < 1.29 is 14.3 Å². The molecule has 0 bridgehead atoms. The Morgan fingerprint density at radius 1 is 1.19 bits per heavy atom. The number of carbonyl (C=O) groups is 2. The third-order valence-corrected chi connectivity index (χ3v) is 2.97. The largest absolute Gasteiger partial charge is 0.481 e. The lowest BCUT2D eigenvalue weighted by molar-refractivity contribution is 0.0980. The van der Waals surface area contributed by atoms with Crippen molar-refractivity contribution in [2.24, 2.45) is 0 Å². The summed E-state index contributed by atoms with van der Waals surface area (Å²) in [5, 5.41) is 2.75. The van der Waals surface area contributed by atoms with Crippen molar-refractivity contribution in [2.45, 2.75) is 13.8 Å². The van der Waals surface area contributed by atoms with Gasteiger partial charge in [-0.2, -0.15) is 0 Å². The van der Waals surface area contributed by atoms with Crippen molar-refractivity contribution in [1.82, 2.24) is 4.98 Å². The van der Waals surface area contributed by atoms with Crippen LogP contribution in [-0.2, 0) is 0 Å². The molecule has 5 heteroatoms. The number of carbonyl (C=O) groups excluding carboxylic acids is 2. The van der Waals surface area contributed by atoms with Crippen LogP contribution in [0.2, 0.25) is 0 Å². The lowest BCUT2D eigenvalue weighted by atomic mass is 10.1. The second-order valence-electron chi connectivity index (χ2n) is 4.59. The number of methoxy groups -OCH3 is 1. The van der Waals surface area contributed by atoms with Crippen molar-refractivity contribution in [3.8, 4) is 5.88 Å². The van der Waals surface area contributed by atoms with Gasteiger partial charge in [0.2, 0.25) is 5.88 Å². The maximum Gasteiger partial charge on any atom is 0.258 e. The normalized spacial score (nSPS) is 10.0. The van der Waals surface area contributed by atoms with Crippen LogP contribution in [0.1, 0.15) is 33.3 Å². The van der Waals surface area contributed by atoms with E-state index >= 15 is 0 Å². The molecule has 21 heavy (non-hydrogen) atoms. The van der Waals surface area contributed by atoms with E-state index in [0.29, 0.717) is 17.1 Å². The number of ether oxygens (including phenoxy) is 1. The van der Waals surface area contributed by atoms with Crippen molar-refractivity contribution in [3.63, 3.8) is 0 Å². The molecule has 0 atom stereocenters. The quantitative estimate of drug-likeness (QED) is 0.877. The van der Waals surface area contributed by atoms with Gasteiger partial charge >= 0.3 is 0 Å². The molecule has 1 amide bonds. The summed E-state index contributed by atoms with van der Waals surface area (Å²) in [7, 11) is 1.48. The number of nitrogens with one attached hydrogen (secondary N) is 1. The first kappa shape index (κ1) is 14.7. The highest BCUT2D eigenvalue weighted by molar-refractivity contribution is 6.11. The lowest BCUT2D eigenvalue weighted by Gasteiger charge is -2.11. The molecule has 0 fully saturated rings. The van der Waals surface area contributed by atoms with Crippen LogP contribution in [0.5, 0.6) is 5.88 Å². The third-order valence-electron chi connectivity index (χ3n) is 2.97. The Morgan fingerprint density at radius 3 is 2.43 bits per heavy atom. The van der Waals surface area contributed by atoms with Crippen molar-refractivity contribution >= 4 is 17.4 Å². The van der Waals surface area contributed by atoms with Gasteiger partial charge in [-0.05, 0) is 25.1 Å². The average molecular weight is 284 g/mol. The number of benzene rings is 1. The molecule has 0 aliphatic carbocycles. The number of hydrogen-bond acceptors (Lipinski definition) is 4. The van der Waals surface area contributed by atoms with Crippen LogP contribution in [0.3, 0.4) is 0 Å². The Kier molecular flexibility index (Phi) is 4.33. The summed E-state index contributed by atoms with van der Waals surface area (Å²) >= 11 is 0. The van der Waals surface area contributed by atoms with Crippen LogP contribution in [0.15, 0.2) is 36.4 Å². The summed E-state index contributed by atoms with van der Waals surface area (Å²) in [6.45, 7) is 3.14. The Morgan fingerprint density at radius 2 is 1.86 bits per heavy atom. The highest BCUT2D eigenvalue weighted by Crippen LogP contribution is 2.20. The molecule has 0 unspecified atom stereocenters. The molecule has 0 aliphatic heterocycles. The van der Waals surface area contributed by atoms with Gasteiger partial charge in [0.15, 0.2) is 5.78 Å². The second-order valence-corrected chi connectivity index (χ2v) is 4.59. The number of rotatable bonds is 4. The number of nitrogens with zero attached hydrogens (tertiary/aromatic N) is 1. The summed E-state index contributed by atoms with van der Waals surface area (Å²) < 4.78 is 5.09. The molecule has 0 saturated heterocycles. The number of aryl methyl sites for hydroxylation is 1. The lowest BCUT2D eigenvalue weighted by Crippen LogP contribution is -2.18. The Bertz CT molecular complexity index is 681. The van der Waals surface area contributed by atoms with Gasteiger partial charge in [-0.15, -0.1) is 0 Å². The molecule has 1 aromatic heterocycles. The predicted octanol–water partition coefficient (Wildman–Crippen LogP) is 2.85. The van der Waals surface area contributed by atoms with E-state index < -0.39 is 0 Å². The zero-order chi connectivity index (χ0) is 15.4. The molecular formula is C16H16N2O3. The highest BCUT2D eigenvalue weighted by atomic mass is 16.5. The molecule has 1 heterocycles. The second kappa shape index (κ2) is 6.17. The molecule has 2 rings (SSSR count). The highest BCUT2D eigenvalue weighted by Gasteiger charge is 2.19. The van der Waals surface area contributed by atoms with E-state index in [1.807, 2.05) is 18.2 Å². The van der Waals surface area contributed by atoms with Crippen LogP contribution in [-0.4, -0.2) is 23.8 Å². The SMILES string of the molecule is COc1nc(C(C)=O)c(C(=O)Nc2ccccc2)cc1C. The summed E-state index contributed by atoms with van der Waals surface area (Å²) in [5.74, 6) is -0.312. The Balaban J connectivity index is 2.40. The van der Waals surface area contributed by atoms with Gasteiger partial charge in [-0.25, -0.2) is 4.98 Å². The summed E-state index contributed by atoms with van der Waals surface area (Å²) in [6.07, 6.45) is 0. The fourth-order valence-corrected chi connectivity index (χ4v) is 1.96. The number of anilines is 1. The van der Waals surface area contributed by atoms with E-state index in [2.05, 4.69) is 10.3 Å². The van der Waals surface area contributed by atoms with Gasteiger partial charge in [-0.3, -0.25) is 9.59 Å². The molecule has 5 nitrogen and oxygen atoms in total. The number of amides is 1. The van der Waals surface area contributed by atoms with Crippen LogP contribution >= 0.6 is 0 Å². The van der Waals surface area contributed by atoms with Gasteiger partial charge in [0, 0.05) is 18.2 Å². The van der Waals surface area contributed by atoms with Gasteiger partial charge < -0.3 is 10.1 Å². The maximum absolute atomic E-state index is 12.3. The van der Waals surface area contributed by atoms with Crippen LogP contribution in [0.25, 0.3) is 0 Å². The maximum atomic E-state index is 12.3. The molecular weight excluding hydrogens is 268 g/mol. The summed E-state index contributed by atoms with van der Waals surface area (Å²) in [5.41, 5.74) is 1.70. The molecule has 0 spiro atoms. The Hall–Kier alpha value is -2.69. The number of hydrogen-bond donors (Lipinski definition) is 1. The van der Waals surface area contributed by atoms with E-state index in [1.165, 1.54) is 14.0 Å². The van der Waals surface area contributed by atoms with Crippen LogP contribution < -0.4 is 10.1 Å². The smallest absolute Gasteiger partial charge is 0.258 e. The van der Waals surface area contributed by atoms with E-state index in [4.69, 9.17) is 4.74 Å². The fourth-order valence-electron chi connectivity index (χ4n) is 1.96. The van der Waals surface area contributed by atoms with Crippen molar-refractivity contribution in [2.75, 3.05) is 12.4 Å². The molecule has 1 N–H and O–H groups in total.